The Bertz CT molecular complexity index is 1530. The zero-order valence-corrected chi connectivity index (χ0v) is 21.1. The molecule has 0 unspecified atom stereocenters. The Kier molecular flexibility index (Phi) is 6.50. The average molecular weight is 541 g/mol. The van der Waals surface area contributed by atoms with Crippen LogP contribution in [0.25, 0.3) is 16.7 Å². The van der Waals surface area contributed by atoms with Crippen molar-refractivity contribution in [1.29, 1.82) is 0 Å². The fraction of sp³-hybridized carbons (Fsp3) is 0.143. The van der Waals surface area contributed by atoms with Crippen molar-refractivity contribution in [2.75, 3.05) is 10.6 Å². The topological polar surface area (TPSA) is 126 Å². The standard InChI is InChI=1S/C21H19Cl2N4O5PS/c1-13-11-26(21-6-3-14(2)24-25-21)20-5-4-17(10-19(13)20)27(12-33(28,29)30)34(31,32)18-8-15(22)7-16(23)9-18/h3-11H,12H2,1-2H3,(H2,28,29,30). The Hall–Kier alpha value is -2.46. The zero-order chi connectivity index (χ0) is 24.8. The lowest BCUT2D eigenvalue weighted by atomic mass is 10.2. The van der Waals surface area contributed by atoms with E-state index in [1.807, 2.05) is 32.2 Å². The predicted molar refractivity (Wildman–Crippen MR) is 131 cm³/mol. The maximum Gasteiger partial charge on any atom is 0.345 e. The lowest BCUT2D eigenvalue weighted by molar-refractivity contribution is 0.373. The van der Waals surface area contributed by atoms with Crippen LogP contribution in [0.2, 0.25) is 10.0 Å². The van der Waals surface area contributed by atoms with Crippen molar-refractivity contribution in [2.45, 2.75) is 18.7 Å². The fourth-order valence-corrected chi connectivity index (χ4v) is 6.93. The Morgan fingerprint density at radius 3 is 2.26 bits per heavy atom. The Morgan fingerprint density at radius 2 is 1.68 bits per heavy atom. The van der Waals surface area contributed by atoms with Gasteiger partial charge in [-0.15, -0.1) is 5.10 Å². The van der Waals surface area contributed by atoms with Crippen molar-refractivity contribution in [2.24, 2.45) is 0 Å². The first kappa shape index (κ1) is 24.7. The van der Waals surface area contributed by atoms with Crippen molar-refractivity contribution in [3.05, 3.63) is 76.0 Å². The Labute approximate surface area is 205 Å². The minimum absolute atomic E-state index is 0.0720. The van der Waals surface area contributed by atoms with Gasteiger partial charge in [-0.25, -0.2) is 8.42 Å². The second-order valence-electron chi connectivity index (χ2n) is 7.68. The Morgan fingerprint density at radius 1 is 1.00 bits per heavy atom. The number of aryl methyl sites for hydroxylation is 2. The molecule has 0 atom stereocenters. The van der Waals surface area contributed by atoms with Gasteiger partial charge in [0.1, 0.15) is 6.29 Å². The molecule has 2 N–H and O–H groups in total. The second kappa shape index (κ2) is 8.96. The number of hydrogen-bond acceptors (Lipinski definition) is 5. The van der Waals surface area contributed by atoms with Crippen LogP contribution >= 0.6 is 30.8 Å². The van der Waals surface area contributed by atoms with Crippen molar-refractivity contribution in [1.82, 2.24) is 14.8 Å². The summed E-state index contributed by atoms with van der Waals surface area (Å²) in [4.78, 5) is 19.0. The molecule has 0 amide bonds. The minimum atomic E-state index is -4.79. The largest absolute Gasteiger partial charge is 0.345 e. The third-order valence-corrected chi connectivity index (χ3v) is 8.07. The first-order chi connectivity index (χ1) is 15.8. The van der Waals surface area contributed by atoms with Gasteiger partial charge in [0.15, 0.2) is 5.82 Å². The number of anilines is 1. The van der Waals surface area contributed by atoms with Crippen LogP contribution in [0.5, 0.6) is 0 Å². The van der Waals surface area contributed by atoms with E-state index in [9.17, 15) is 22.8 Å². The SMILES string of the molecule is Cc1ccc(-n2cc(C)c3cc(N(CP(=O)(O)O)S(=O)(=O)c4cc(Cl)cc(Cl)c4)ccc32)nn1. The van der Waals surface area contributed by atoms with E-state index in [1.165, 1.54) is 24.3 Å². The third kappa shape index (κ3) is 4.98. The maximum atomic E-state index is 13.4. The predicted octanol–water partition coefficient (Wildman–Crippen LogP) is 4.67. The van der Waals surface area contributed by atoms with E-state index in [0.29, 0.717) is 15.5 Å². The summed E-state index contributed by atoms with van der Waals surface area (Å²) in [6.07, 6.45) is 0.764. The summed E-state index contributed by atoms with van der Waals surface area (Å²) in [5.74, 6) is 0.574. The normalized spacial score (nSPS) is 12.3. The van der Waals surface area contributed by atoms with Gasteiger partial charge >= 0.3 is 7.60 Å². The molecule has 0 bridgehead atoms. The van der Waals surface area contributed by atoms with Crippen LogP contribution in [0.15, 0.2) is 59.6 Å². The number of halogens is 2. The fourth-order valence-electron chi connectivity index (χ4n) is 3.52. The first-order valence-corrected chi connectivity index (χ1v) is 13.8. The summed E-state index contributed by atoms with van der Waals surface area (Å²) in [6, 6.07) is 12.0. The summed E-state index contributed by atoms with van der Waals surface area (Å²) < 4.78 is 41.2. The minimum Gasteiger partial charge on any atom is -0.323 e. The molecular formula is C21H19Cl2N4O5PS. The molecule has 2 aromatic carbocycles. The molecule has 0 aliphatic rings. The molecule has 0 aliphatic heterocycles. The molecular weight excluding hydrogens is 522 g/mol. The van der Waals surface area contributed by atoms with E-state index in [4.69, 9.17) is 23.2 Å². The van der Waals surface area contributed by atoms with E-state index < -0.39 is 23.9 Å². The Balaban J connectivity index is 1.87. The van der Waals surface area contributed by atoms with E-state index in [0.717, 1.165) is 16.8 Å². The van der Waals surface area contributed by atoms with Gasteiger partial charge in [0, 0.05) is 21.6 Å². The van der Waals surface area contributed by atoms with Gasteiger partial charge in [0.05, 0.1) is 21.8 Å². The molecule has 178 valence electrons. The molecule has 2 aromatic heterocycles. The van der Waals surface area contributed by atoms with Gasteiger partial charge in [-0.3, -0.25) is 13.4 Å². The van der Waals surface area contributed by atoms with Gasteiger partial charge < -0.3 is 9.79 Å². The molecule has 0 saturated heterocycles. The number of hydrogen-bond donors (Lipinski definition) is 2. The molecule has 34 heavy (non-hydrogen) atoms. The van der Waals surface area contributed by atoms with Gasteiger partial charge in [-0.2, -0.15) is 5.10 Å². The van der Waals surface area contributed by atoms with E-state index in [1.54, 1.807) is 16.7 Å². The van der Waals surface area contributed by atoms with Gasteiger partial charge in [-0.05, 0) is 67.9 Å². The van der Waals surface area contributed by atoms with Crippen LogP contribution < -0.4 is 4.31 Å². The van der Waals surface area contributed by atoms with Crippen LogP contribution in [-0.4, -0.2) is 39.3 Å². The summed E-state index contributed by atoms with van der Waals surface area (Å²) in [7, 11) is -9.21. The number of nitrogens with zero attached hydrogens (tertiary/aromatic N) is 4. The monoisotopic (exact) mass is 540 g/mol. The van der Waals surface area contributed by atoms with Crippen molar-refractivity contribution in [3.8, 4) is 5.82 Å². The number of sulfonamides is 1. The van der Waals surface area contributed by atoms with Gasteiger partial charge in [0.2, 0.25) is 0 Å². The summed E-state index contributed by atoms with van der Waals surface area (Å²) >= 11 is 11.9. The lowest BCUT2D eigenvalue weighted by Crippen LogP contribution is -2.32. The van der Waals surface area contributed by atoms with Crippen molar-refractivity contribution >= 4 is 57.4 Å². The lowest BCUT2D eigenvalue weighted by Gasteiger charge is -2.25. The molecule has 0 spiro atoms. The molecule has 0 radical (unpaired) electrons. The maximum absolute atomic E-state index is 13.4. The van der Waals surface area contributed by atoms with E-state index in [2.05, 4.69) is 10.2 Å². The number of aromatic nitrogens is 3. The van der Waals surface area contributed by atoms with Crippen molar-refractivity contribution < 1.29 is 22.8 Å². The summed E-state index contributed by atoms with van der Waals surface area (Å²) in [6.45, 7) is 3.66. The van der Waals surface area contributed by atoms with Gasteiger partial charge in [-0.1, -0.05) is 23.2 Å². The molecule has 4 aromatic rings. The van der Waals surface area contributed by atoms with Crippen molar-refractivity contribution in [3.63, 3.8) is 0 Å². The highest BCUT2D eigenvalue weighted by molar-refractivity contribution is 7.93. The highest BCUT2D eigenvalue weighted by atomic mass is 35.5. The number of benzene rings is 2. The van der Waals surface area contributed by atoms with Crippen LogP contribution in [0.4, 0.5) is 5.69 Å². The van der Waals surface area contributed by atoms with E-state index >= 15 is 0 Å². The molecule has 2 heterocycles. The highest BCUT2D eigenvalue weighted by Crippen LogP contribution is 2.41. The molecule has 0 saturated carbocycles. The van der Waals surface area contributed by atoms with E-state index in [-0.39, 0.29) is 20.6 Å². The van der Waals surface area contributed by atoms with Crippen LogP contribution in [-0.2, 0) is 14.6 Å². The van der Waals surface area contributed by atoms with Crippen LogP contribution in [0.1, 0.15) is 11.3 Å². The molecule has 0 fully saturated rings. The number of fused-ring (bicyclic) bond motifs is 1. The summed E-state index contributed by atoms with van der Waals surface area (Å²) in [5.41, 5.74) is 2.36. The first-order valence-electron chi connectivity index (χ1n) is 9.81. The zero-order valence-electron chi connectivity index (χ0n) is 17.9. The molecule has 13 heteroatoms. The van der Waals surface area contributed by atoms with Gasteiger partial charge in [0.25, 0.3) is 10.0 Å². The van der Waals surface area contributed by atoms with Crippen LogP contribution in [0, 0.1) is 13.8 Å². The molecule has 4 rings (SSSR count). The molecule has 0 aliphatic carbocycles. The highest BCUT2D eigenvalue weighted by Gasteiger charge is 2.32. The summed E-state index contributed by atoms with van der Waals surface area (Å²) in [5, 5.41) is 9.09. The number of rotatable bonds is 6. The second-order valence-corrected chi connectivity index (χ2v) is 12.0. The molecule has 9 nitrogen and oxygen atoms in total. The quantitative estimate of drug-likeness (QED) is 0.340. The third-order valence-electron chi connectivity index (χ3n) is 5.04. The average Bonchev–Trinajstić information content (AvgIpc) is 3.07. The smallest absolute Gasteiger partial charge is 0.323 e. The van der Waals surface area contributed by atoms with Crippen LogP contribution in [0.3, 0.4) is 0 Å².